The number of hydrogen-bond acceptors (Lipinski definition) is 2. The smallest absolute Gasteiger partial charge is 0.191 e. The number of ether oxygens (including phenoxy) is 1. The van der Waals surface area contributed by atoms with Crippen molar-refractivity contribution in [2.45, 2.75) is 19.3 Å². The molecule has 0 heterocycles. The van der Waals surface area contributed by atoms with E-state index in [1.54, 1.807) is 7.05 Å². The van der Waals surface area contributed by atoms with E-state index >= 15 is 0 Å². The Hall–Kier alpha value is -0.820. The molecule has 1 saturated carbocycles. The minimum atomic E-state index is 0. The van der Waals surface area contributed by atoms with Crippen LogP contribution in [0.25, 0.3) is 0 Å². The summed E-state index contributed by atoms with van der Waals surface area (Å²) in [7, 11) is 1.80. The SMILES string of the molecule is CCOCCNC(=NC)NCC1CC1c1ccccc1.I. The van der Waals surface area contributed by atoms with E-state index in [1.807, 2.05) is 6.92 Å². The van der Waals surface area contributed by atoms with Gasteiger partial charge in [-0.3, -0.25) is 4.99 Å². The predicted molar refractivity (Wildman–Crippen MR) is 98.6 cm³/mol. The van der Waals surface area contributed by atoms with E-state index in [-0.39, 0.29) is 24.0 Å². The Balaban J connectivity index is 0.00000220. The summed E-state index contributed by atoms with van der Waals surface area (Å²) < 4.78 is 5.30. The molecule has 1 aliphatic rings. The van der Waals surface area contributed by atoms with Crippen LogP contribution in [0, 0.1) is 5.92 Å². The maximum atomic E-state index is 5.30. The number of nitrogens with zero attached hydrogens (tertiary/aromatic N) is 1. The van der Waals surface area contributed by atoms with Crippen molar-refractivity contribution in [3.63, 3.8) is 0 Å². The second kappa shape index (κ2) is 10.00. The maximum Gasteiger partial charge on any atom is 0.191 e. The summed E-state index contributed by atoms with van der Waals surface area (Å²) >= 11 is 0. The fourth-order valence-electron chi connectivity index (χ4n) is 2.42. The van der Waals surface area contributed by atoms with Gasteiger partial charge in [-0.05, 0) is 30.7 Å². The minimum Gasteiger partial charge on any atom is -0.380 e. The van der Waals surface area contributed by atoms with Gasteiger partial charge in [0.15, 0.2) is 5.96 Å². The highest BCUT2D eigenvalue weighted by atomic mass is 127. The molecule has 0 aliphatic heterocycles. The fourth-order valence-corrected chi connectivity index (χ4v) is 2.42. The van der Waals surface area contributed by atoms with Crippen LogP contribution in [0.4, 0.5) is 0 Å². The highest BCUT2D eigenvalue weighted by Crippen LogP contribution is 2.46. The van der Waals surface area contributed by atoms with Gasteiger partial charge in [0.05, 0.1) is 6.61 Å². The van der Waals surface area contributed by atoms with E-state index in [4.69, 9.17) is 4.74 Å². The van der Waals surface area contributed by atoms with E-state index in [1.165, 1.54) is 12.0 Å². The van der Waals surface area contributed by atoms with Gasteiger partial charge in [0.1, 0.15) is 0 Å². The molecule has 2 unspecified atom stereocenters. The summed E-state index contributed by atoms with van der Waals surface area (Å²) in [4.78, 5) is 4.22. The lowest BCUT2D eigenvalue weighted by Gasteiger charge is -2.11. The lowest BCUT2D eigenvalue weighted by molar-refractivity contribution is 0.152. The van der Waals surface area contributed by atoms with E-state index in [2.05, 4.69) is 46.0 Å². The van der Waals surface area contributed by atoms with Gasteiger partial charge in [-0.2, -0.15) is 0 Å². The van der Waals surface area contributed by atoms with Crippen LogP contribution in [0.15, 0.2) is 35.3 Å². The molecule has 21 heavy (non-hydrogen) atoms. The first-order chi connectivity index (χ1) is 9.85. The molecule has 4 nitrogen and oxygen atoms in total. The van der Waals surface area contributed by atoms with Crippen LogP contribution in [-0.2, 0) is 4.74 Å². The zero-order valence-electron chi connectivity index (χ0n) is 12.8. The van der Waals surface area contributed by atoms with Crippen molar-refractivity contribution in [2.75, 3.05) is 33.4 Å². The monoisotopic (exact) mass is 403 g/mol. The zero-order chi connectivity index (χ0) is 14.2. The Morgan fingerprint density at radius 1 is 1.29 bits per heavy atom. The third kappa shape index (κ3) is 6.22. The first-order valence-corrected chi connectivity index (χ1v) is 7.42. The standard InChI is InChI=1S/C16H25N3O.HI/c1-3-20-10-9-18-16(17-2)19-12-14-11-15(14)13-7-5-4-6-8-13;/h4-8,14-15H,3,9-12H2,1-2H3,(H2,17,18,19);1H. The highest BCUT2D eigenvalue weighted by molar-refractivity contribution is 14.0. The Labute approximate surface area is 144 Å². The summed E-state index contributed by atoms with van der Waals surface area (Å²) in [6, 6.07) is 10.8. The topological polar surface area (TPSA) is 45.6 Å². The number of halogens is 1. The maximum absolute atomic E-state index is 5.30. The van der Waals surface area contributed by atoms with Gasteiger partial charge in [-0.15, -0.1) is 24.0 Å². The molecule has 0 amide bonds. The molecule has 0 aromatic heterocycles. The molecule has 2 rings (SSSR count). The van der Waals surface area contributed by atoms with Crippen molar-refractivity contribution in [2.24, 2.45) is 10.9 Å². The van der Waals surface area contributed by atoms with Crippen molar-refractivity contribution in [3.8, 4) is 0 Å². The van der Waals surface area contributed by atoms with Crippen LogP contribution in [-0.4, -0.2) is 39.3 Å². The first-order valence-electron chi connectivity index (χ1n) is 7.42. The molecule has 1 aliphatic carbocycles. The summed E-state index contributed by atoms with van der Waals surface area (Å²) in [5.41, 5.74) is 1.46. The summed E-state index contributed by atoms with van der Waals surface area (Å²) in [6.45, 7) is 5.25. The number of aliphatic imine (C=N–C) groups is 1. The molecule has 2 N–H and O–H groups in total. The molecular formula is C16H26IN3O. The zero-order valence-corrected chi connectivity index (χ0v) is 15.2. The average molecular weight is 403 g/mol. The second-order valence-electron chi connectivity index (χ2n) is 5.09. The van der Waals surface area contributed by atoms with Crippen molar-refractivity contribution >= 4 is 29.9 Å². The van der Waals surface area contributed by atoms with Gasteiger partial charge >= 0.3 is 0 Å². The van der Waals surface area contributed by atoms with Crippen LogP contribution < -0.4 is 10.6 Å². The third-order valence-corrected chi connectivity index (χ3v) is 3.65. The highest BCUT2D eigenvalue weighted by Gasteiger charge is 2.37. The Bertz CT molecular complexity index is 425. The Kier molecular flexibility index (Phi) is 8.68. The molecule has 0 bridgehead atoms. The average Bonchev–Trinajstić information content (AvgIpc) is 3.27. The van der Waals surface area contributed by atoms with Gasteiger partial charge < -0.3 is 15.4 Å². The second-order valence-corrected chi connectivity index (χ2v) is 5.09. The number of nitrogens with one attached hydrogen (secondary N) is 2. The van der Waals surface area contributed by atoms with E-state index in [9.17, 15) is 0 Å². The Morgan fingerprint density at radius 3 is 2.71 bits per heavy atom. The summed E-state index contributed by atoms with van der Waals surface area (Å²) in [5, 5.41) is 6.65. The van der Waals surface area contributed by atoms with Crippen molar-refractivity contribution < 1.29 is 4.74 Å². The largest absolute Gasteiger partial charge is 0.380 e. The van der Waals surface area contributed by atoms with Gasteiger partial charge in [-0.25, -0.2) is 0 Å². The van der Waals surface area contributed by atoms with E-state index in [0.29, 0.717) is 12.5 Å². The van der Waals surface area contributed by atoms with Crippen molar-refractivity contribution in [1.82, 2.24) is 10.6 Å². The van der Waals surface area contributed by atoms with Gasteiger partial charge in [0, 0.05) is 26.7 Å². The van der Waals surface area contributed by atoms with E-state index in [0.717, 1.165) is 31.6 Å². The van der Waals surface area contributed by atoms with Crippen LogP contribution in [0.5, 0.6) is 0 Å². The van der Waals surface area contributed by atoms with Gasteiger partial charge in [0.2, 0.25) is 0 Å². The van der Waals surface area contributed by atoms with Crippen LogP contribution in [0.1, 0.15) is 24.8 Å². The van der Waals surface area contributed by atoms with Crippen LogP contribution >= 0.6 is 24.0 Å². The van der Waals surface area contributed by atoms with Crippen LogP contribution in [0.2, 0.25) is 0 Å². The quantitative estimate of drug-likeness (QED) is 0.319. The molecular weight excluding hydrogens is 377 g/mol. The molecule has 118 valence electrons. The number of rotatable bonds is 7. The van der Waals surface area contributed by atoms with Crippen molar-refractivity contribution in [3.05, 3.63) is 35.9 Å². The number of guanidine groups is 1. The first kappa shape index (κ1) is 18.2. The fraction of sp³-hybridized carbons (Fsp3) is 0.562. The number of benzene rings is 1. The minimum absolute atomic E-state index is 0. The third-order valence-electron chi connectivity index (χ3n) is 3.65. The van der Waals surface area contributed by atoms with Crippen molar-refractivity contribution in [1.29, 1.82) is 0 Å². The molecule has 5 heteroatoms. The molecule has 1 aromatic rings. The normalized spacial score (nSPS) is 20.6. The number of hydrogen-bond donors (Lipinski definition) is 2. The van der Waals surface area contributed by atoms with Crippen LogP contribution in [0.3, 0.4) is 0 Å². The molecule has 0 spiro atoms. The molecule has 1 aromatic carbocycles. The lowest BCUT2D eigenvalue weighted by atomic mass is 10.1. The summed E-state index contributed by atoms with van der Waals surface area (Å²) in [5.74, 6) is 2.30. The molecule has 1 fully saturated rings. The van der Waals surface area contributed by atoms with Gasteiger partial charge in [-0.1, -0.05) is 30.3 Å². The summed E-state index contributed by atoms with van der Waals surface area (Å²) in [6.07, 6.45) is 1.27. The Morgan fingerprint density at radius 2 is 2.05 bits per heavy atom. The molecule has 2 atom stereocenters. The van der Waals surface area contributed by atoms with Gasteiger partial charge in [0.25, 0.3) is 0 Å². The molecule has 0 saturated heterocycles. The predicted octanol–water partition coefficient (Wildman–Crippen LogP) is 2.61. The lowest BCUT2D eigenvalue weighted by Crippen LogP contribution is -2.40. The molecule has 0 radical (unpaired) electrons. The van der Waals surface area contributed by atoms with E-state index < -0.39 is 0 Å².